The van der Waals surface area contributed by atoms with Crippen LogP contribution in [0.15, 0.2) is 63.4 Å². The van der Waals surface area contributed by atoms with E-state index < -0.39 is 0 Å². The Hall–Kier alpha value is -2.91. The van der Waals surface area contributed by atoms with Crippen LogP contribution in [0.25, 0.3) is 11.5 Å². The predicted octanol–water partition coefficient (Wildman–Crippen LogP) is 4.63. The number of benzene rings is 2. The number of nitrogens with one attached hydrogen (secondary N) is 1. The first-order valence-corrected chi connectivity index (χ1v) is 9.85. The van der Waals surface area contributed by atoms with E-state index >= 15 is 0 Å². The molecule has 0 aliphatic heterocycles. The van der Waals surface area contributed by atoms with Crippen molar-refractivity contribution in [3.8, 4) is 17.2 Å². The number of anilines is 2. The highest BCUT2D eigenvalue weighted by atomic mass is 32.2. The zero-order chi connectivity index (χ0) is 18.5. The van der Waals surface area contributed by atoms with Crippen molar-refractivity contribution in [2.24, 2.45) is 0 Å². The Bertz CT molecular complexity index is 1000. The number of aromatic nitrogens is 4. The van der Waals surface area contributed by atoms with E-state index in [-0.39, 0.29) is 0 Å². The molecule has 0 saturated carbocycles. The first-order chi connectivity index (χ1) is 13.3. The number of hydrogen-bond acceptors (Lipinski definition) is 9. The minimum absolute atomic E-state index is 0.519. The molecular formula is C18H15N5O2S2. The molecule has 7 nitrogen and oxygen atoms in total. The molecule has 4 aromatic rings. The highest BCUT2D eigenvalue weighted by Gasteiger charge is 2.11. The van der Waals surface area contributed by atoms with Gasteiger partial charge in [0.25, 0.3) is 0 Å². The second-order valence-corrected chi connectivity index (χ2v) is 7.58. The zero-order valence-electron chi connectivity index (χ0n) is 14.3. The normalized spacial score (nSPS) is 10.7. The molecule has 0 radical (unpaired) electrons. The quantitative estimate of drug-likeness (QED) is 0.452. The van der Waals surface area contributed by atoms with Crippen LogP contribution < -0.4 is 10.1 Å². The highest BCUT2D eigenvalue weighted by Crippen LogP contribution is 2.30. The van der Waals surface area contributed by atoms with Crippen molar-refractivity contribution >= 4 is 33.9 Å². The molecule has 0 amide bonds. The largest absolute Gasteiger partial charge is 0.497 e. The smallest absolute Gasteiger partial charge is 0.247 e. The standard InChI is InChI=1S/C18H15N5O2S2/c1-24-14-9-7-13(8-10-14)19-17-22-23-18(27-17)26-11-15-20-21-16(25-15)12-5-3-2-4-6-12/h2-10H,11H2,1H3,(H,19,22). The number of ether oxygens (including phenoxy) is 1. The van der Waals surface area contributed by atoms with Gasteiger partial charge in [-0.05, 0) is 36.4 Å². The van der Waals surface area contributed by atoms with Crippen LogP contribution in [-0.2, 0) is 5.75 Å². The molecule has 1 N–H and O–H groups in total. The number of thioether (sulfide) groups is 1. The second-order valence-electron chi connectivity index (χ2n) is 5.38. The van der Waals surface area contributed by atoms with Crippen LogP contribution in [0.2, 0.25) is 0 Å². The summed E-state index contributed by atoms with van der Waals surface area (Å²) in [6, 6.07) is 17.3. The van der Waals surface area contributed by atoms with E-state index in [1.54, 1.807) is 7.11 Å². The van der Waals surface area contributed by atoms with Gasteiger partial charge in [0.2, 0.25) is 16.9 Å². The lowest BCUT2D eigenvalue weighted by molar-refractivity contribution is 0.415. The van der Waals surface area contributed by atoms with Crippen molar-refractivity contribution in [1.82, 2.24) is 20.4 Å². The molecule has 4 rings (SSSR count). The van der Waals surface area contributed by atoms with Gasteiger partial charge < -0.3 is 14.5 Å². The Labute approximate surface area is 163 Å². The average molecular weight is 397 g/mol. The predicted molar refractivity (Wildman–Crippen MR) is 105 cm³/mol. The summed E-state index contributed by atoms with van der Waals surface area (Å²) in [5, 5.41) is 20.5. The molecular weight excluding hydrogens is 382 g/mol. The van der Waals surface area contributed by atoms with Gasteiger partial charge >= 0.3 is 0 Å². The van der Waals surface area contributed by atoms with Crippen LogP contribution >= 0.6 is 23.1 Å². The molecule has 0 atom stereocenters. The van der Waals surface area contributed by atoms with Crippen molar-refractivity contribution < 1.29 is 9.15 Å². The van der Waals surface area contributed by atoms with Crippen LogP contribution in [-0.4, -0.2) is 27.5 Å². The van der Waals surface area contributed by atoms with E-state index in [9.17, 15) is 0 Å². The minimum atomic E-state index is 0.519. The van der Waals surface area contributed by atoms with Crippen molar-refractivity contribution in [1.29, 1.82) is 0 Å². The van der Waals surface area contributed by atoms with Gasteiger partial charge in [-0.15, -0.1) is 20.4 Å². The second kappa shape index (κ2) is 8.19. The summed E-state index contributed by atoms with van der Waals surface area (Å²) in [4.78, 5) is 0. The van der Waals surface area contributed by atoms with Crippen molar-refractivity contribution in [3.05, 3.63) is 60.5 Å². The van der Waals surface area contributed by atoms with Crippen molar-refractivity contribution in [2.75, 3.05) is 12.4 Å². The average Bonchev–Trinajstić information content (AvgIpc) is 3.37. The first-order valence-electron chi connectivity index (χ1n) is 8.05. The van der Waals surface area contributed by atoms with E-state index in [1.165, 1.54) is 23.1 Å². The monoisotopic (exact) mass is 397 g/mol. The zero-order valence-corrected chi connectivity index (χ0v) is 16.0. The maximum Gasteiger partial charge on any atom is 0.247 e. The van der Waals surface area contributed by atoms with Gasteiger partial charge in [0.1, 0.15) is 5.75 Å². The molecule has 0 saturated heterocycles. The fourth-order valence-electron chi connectivity index (χ4n) is 2.25. The van der Waals surface area contributed by atoms with Gasteiger partial charge in [0, 0.05) is 11.3 Å². The van der Waals surface area contributed by atoms with Crippen LogP contribution in [0, 0.1) is 0 Å². The molecule has 27 heavy (non-hydrogen) atoms. The van der Waals surface area contributed by atoms with E-state index in [1.807, 2.05) is 54.6 Å². The summed E-state index contributed by atoms with van der Waals surface area (Å²) in [5.74, 6) is 2.42. The first kappa shape index (κ1) is 17.5. The summed E-state index contributed by atoms with van der Waals surface area (Å²) in [6.07, 6.45) is 0. The van der Waals surface area contributed by atoms with Crippen LogP contribution in [0.4, 0.5) is 10.8 Å². The number of rotatable bonds is 7. The maximum absolute atomic E-state index is 5.70. The lowest BCUT2D eigenvalue weighted by Gasteiger charge is -2.03. The maximum atomic E-state index is 5.70. The van der Waals surface area contributed by atoms with Gasteiger partial charge in [-0.3, -0.25) is 0 Å². The lowest BCUT2D eigenvalue weighted by atomic mass is 10.2. The Morgan fingerprint density at radius 3 is 2.59 bits per heavy atom. The van der Waals surface area contributed by atoms with E-state index in [2.05, 4.69) is 25.7 Å². The molecule has 0 unspecified atom stereocenters. The third kappa shape index (κ3) is 4.44. The number of nitrogens with zero attached hydrogens (tertiary/aromatic N) is 4. The van der Waals surface area contributed by atoms with E-state index in [0.29, 0.717) is 17.5 Å². The van der Waals surface area contributed by atoms with E-state index in [0.717, 1.165) is 26.5 Å². The summed E-state index contributed by atoms with van der Waals surface area (Å²) in [6.45, 7) is 0. The molecule has 0 aliphatic carbocycles. The Morgan fingerprint density at radius 2 is 1.81 bits per heavy atom. The van der Waals surface area contributed by atoms with Crippen LogP contribution in [0.5, 0.6) is 5.75 Å². The molecule has 136 valence electrons. The lowest BCUT2D eigenvalue weighted by Crippen LogP contribution is -1.89. The van der Waals surface area contributed by atoms with Gasteiger partial charge in [-0.2, -0.15) is 0 Å². The molecule has 0 aliphatic rings. The highest BCUT2D eigenvalue weighted by molar-refractivity contribution is 8.00. The van der Waals surface area contributed by atoms with Gasteiger partial charge in [-0.1, -0.05) is 41.3 Å². The number of hydrogen-bond donors (Lipinski definition) is 1. The summed E-state index contributed by atoms with van der Waals surface area (Å²) < 4.78 is 11.7. The third-order valence-electron chi connectivity index (χ3n) is 3.55. The van der Waals surface area contributed by atoms with E-state index in [4.69, 9.17) is 9.15 Å². The summed E-state index contributed by atoms with van der Waals surface area (Å²) >= 11 is 2.98. The van der Waals surface area contributed by atoms with Gasteiger partial charge in [0.15, 0.2) is 4.34 Å². The van der Waals surface area contributed by atoms with Crippen molar-refractivity contribution in [2.45, 2.75) is 10.1 Å². The Morgan fingerprint density at radius 1 is 1.00 bits per heavy atom. The fourth-order valence-corrected chi connectivity index (χ4v) is 3.86. The summed E-state index contributed by atoms with van der Waals surface area (Å²) in [5.41, 5.74) is 1.83. The molecule has 9 heteroatoms. The molecule has 0 spiro atoms. The van der Waals surface area contributed by atoms with Crippen LogP contribution in [0.1, 0.15) is 5.89 Å². The minimum Gasteiger partial charge on any atom is -0.497 e. The Kier molecular flexibility index (Phi) is 5.31. The SMILES string of the molecule is COc1ccc(Nc2nnc(SCc3nnc(-c4ccccc4)o3)s2)cc1. The van der Waals surface area contributed by atoms with Gasteiger partial charge in [0.05, 0.1) is 12.9 Å². The molecule has 2 aromatic heterocycles. The summed E-state index contributed by atoms with van der Waals surface area (Å²) in [7, 11) is 1.64. The molecule has 2 heterocycles. The molecule has 2 aromatic carbocycles. The van der Waals surface area contributed by atoms with Crippen molar-refractivity contribution in [3.63, 3.8) is 0 Å². The Balaban J connectivity index is 1.35. The third-order valence-corrected chi connectivity index (χ3v) is 5.51. The topological polar surface area (TPSA) is 86.0 Å². The molecule has 0 fully saturated rings. The fraction of sp³-hybridized carbons (Fsp3) is 0.111. The number of methoxy groups -OCH3 is 1. The van der Waals surface area contributed by atoms with Gasteiger partial charge in [-0.25, -0.2) is 0 Å². The van der Waals surface area contributed by atoms with Crippen LogP contribution in [0.3, 0.4) is 0 Å². The molecule has 0 bridgehead atoms.